The minimum absolute atomic E-state index is 0.0407. The van der Waals surface area contributed by atoms with Crippen LogP contribution in [0.1, 0.15) is 0 Å². The number of para-hydroxylation sites is 1. The predicted molar refractivity (Wildman–Crippen MR) is 106 cm³/mol. The van der Waals surface area contributed by atoms with Gasteiger partial charge in [0.25, 0.3) is 0 Å². The molecular formula is C21H16FN3O2S. The van der Waals surface area contributed by atoms with Gasteiger partial charge in [0.15, 0.2) is 0 Å². The van der Waals surface area contributed by atoms with Crippen molar-refractivity contribution < 1.29 is 12.8 Å². The molecule has 4 rings (SSSR count). The summed E-state index contributed by atoms with van der Waals surface area (Å²) in [5.74, 6) is -0.358. The summed E-state index contributed by atoms with van der Waals surface area (Å²) in [5, 5.41) is 10.0. The van der Waals surface area contributed by atoms with E-state index in [1.165, 1.54) is 22.9 Å². The molecule has 0 spiro atoms. The molecule has 0 aliphatic heterocycles. The van der Waals surface area contributed by atoms with Gasteiger partial charge in [0.1, 0.15) is 10.7 Å². The first-order chi connectivity index (χ1) is 13.4. The van der Waals surface area contributed by atoms with E-state index >= 15 is 0 Å². The Balaban J connectivity index is 1.99. The van der Waals surface area contributed by atoms with Crippen LogP contribution in [-0.2, 0) is 10.0 Å². The van der Waals surface area contributed by atoms with Crippen LogP contribution in [0.5, 0.6) is 0 Å². The van der Waals surface area contributed by atoms with E-state index in [9.17, 15) is 12.8 Å². The summed E-state index contributed by atoms with van der Waals surface area (Å²) in [6.07, 6.45) is 0. The molecule has 7 heteroatoms. The average Bonchev–Trinajstić information content (AvgIpc) is 3.14. The van der Waals surface area contributed by atoms with E-state index in [2.05, 4.69) is 5.10 Å². The van der Waals surface area contributed by atoms with Crippen molar-refractivity contribution in [2.75, 3.05) is 0 Å². The fraction of sp³-hybridized carbons (Fsp3) is 0. The Morgan fingerprint density at radius 2 is 1.46 bits per heavy atom. The van der Waals surface area contributed by atoms with Crippen LogP contribution < -0.4 is 5.14 Å². The van der Waals surface area contributed by atoms with Gasteiger partial charge in [-0.15, -0.1) is 0 Å². The molecule has 1 aromatic heterocycles. The lowest BCUT2D eigenvalue weighted by Crippen LogP contribution is -2.16. The van der Waals surface area contributed by atoms with Gasteiger partial charge in [0.2, 0.25) is 10.0 Å². The molecule has 0 atom stereocenters. The molecule has 0 bridgehead atoms. The van der Waals surface area contributed by atoms with Gasteiger partial charge in [0, 0.05) is 11.1 Å². The summed E-state index contributed by atoms with van der Waals surface area (Å²) >= 11 is 0. The molecule has 0 saturated heterocycles. The Bertz CT molecular complexity index is 1230. The maximum atomic E-state index is 13.4. The fourth-order valence-corrected chi connectivity index (χ4v) is 3.73. The van der Waals surface area contributed by atoms with Crippen molar-refractivity contribution in [3.63, 3.8) is 0 Å². The smallest absolute Gasteiger partial charge is 0.231 e. The Hall–Kier alpha value is -3.29. The Morgan fingerprint density at radius 3 is 2.14 bits per heavy atom. The lowest BCUT2D eigenvalue weighted by atomic mass is 10.1. The van der Waals surface area contributed by atoms with Crippen LogP contribution in [-0.4, -0.2) is 18.2 Å². The first kappa shape index (κ1) is 18.1. The molecule has 0 aliphatic rings. The van der Waals surface area contributed by atoms with E-state index < -0.39 is 10.0 Å². The van der Waals surface area contributed by atoms with E-state index in [0.717, 1.165) is 5.56 Å². The van der Waals surface area contributed by atoms with Gasteiger partial charge in [-0.25, -0.2) is 22.6 Å². The highest BCUT2D eigenvalue weighted by Crippen LogP contribution is 2.30. The third kappa shape index (κ3) is 3.45. The topological polar surface area (TPSA) is 78.0 Å². The zero-order valence-electron chi connectivity index (χ0n) is 14.7. The summed E-state index contributed by atoms with van der Waals surface area (Å²) in [5.41, 5.74) is 3.17. The minimum atomic E-state index is -3.96. The van der Waals surface area contributed by atoms with Gasteiger partial charge in [0.05, 0.1) is 17.1 Å². The number of hydrogen-bond acceptors (Lipinski definition) is 3. The second-order valence-electron chi connectivity index (χ2n) is 6.21. The molecule has 4 aromatic rings. The first-order valence-electron chi connectivity index (χ1n) is 8.47. The largest absolute Gasteiger partial charge is 0.240 e. The monoisotopic (exact) mass is 393 g/mol. The van der Waals surface area contributed by atoms with Crippen molar-refractivity contribution in [1.82, 2.24) is 9.78 Å². The fourth-order valence-electron chi connectivity index (χ4n) is 3.01. The van der Waals surface area contributed by atoms with Crippen molar-refractivity contribution in [2.45, 2.75) is 4.90 Å². The lowest BCUT2D eigenvalue weighted by Gasteiger charge is -2.11. The van der Waals surface area contributed by atoms with Crippen molar-refractivity contribution in [2.24, 2.45) is 5.14 Å². The van der Waals surface area contributed by atoms with Gasteiger partial charge in [-0.05, 0) is 42.5 Å². The predicted octanol–water partition coefficient (Wildman–Crippen LogP) is 3.99. The molecule has 28 heavy (non-hydrogen) atoms. The van der Waals surface area contributed by atoms with E-state index in [1.807, 2.05) is 36.4 Å². The number of benzene rings is 3. The lowest BCUT2D eigenvalue weighted by molar-refractivity contribution is 0.596. The Labute approximate surface area is 161 Å². The molecule has 2 N–H and O–H groups in total. The normalized spacial score (nSPS) is 11.5. The van der Waals surface area contributed by atoms with Crippen LogP contribution in [0.25, 0.3) is 28.2 Å². The van der Waals surface area contributed by atoms with Gasteiger partial charge >= 0.3 is 0 Å². The molecule has 0 unspecified atom stereocenters. The number of nitrogens with two attached hydrogens (primary N) is 1. The van der Waals surface area contributed by atoms with Crippen LogP contribution in [0.2, 0.25) is 0 Å². The molecule has 140 valence electrons. The van der Waals surface area contributed by atoms with Crippen LogP contribution in [0.15, 0.2) is 89.8 Å². The van der Waals surface area contributed by atoms with Crippen LogP contribution >= 0.6 is 0 Å². The average molecular weight is 393 g/mol. The van der Waals surface area contributed by atoms with Crippen LogP contribution in [0.3, 0.4) is 0 Å². The van der Waals surface area contributed by atoms with Crippen LogP contribution in [0, 0.1) is 5.82 Å². The molecular weight excluding hydrogens is 377 g/mol. The summed E-state index contributed by atoms with van der Waals surface area (Å²) in [4.78, 5) is -0.0407. The highest BCUT2D eigenvalue weighted by Gasteiger charge is 2.20. The molecule has 0 amide bonds. The molecule has 0 fully saturated rings. The number of rotatable bonds is 4. The Kier molecular flexibility index (Phi) is 4.54. The SMILES string of the molecule is NS(=O)(=O)c1ccccc1-n1nc(-c2ccccc2)cc1-c1ccc(F)cc1. The van der Waals surface area contributed by atoms with Gasteiger partial charge in [-0.1, -0.05) is 42.5 Å². The summed E-state index contributed by atoms with van der Waals surface area (Å²) in [6.45, 7) is 0. The molecule has 5 nitrogen and oxygen atoms in total. The molecule has 0 radical (unpaired) electrons. The number of hydrogen-bond donors (Lipinski definition) is 1. The third-order valence-electron chi connectivity index (χ3n) is 4.32. The van der Waals surface area contributed by atoms with Crippen molar-refractivity contribution >= 4 is 10.0 Å². The highest BCUT2D eigenvalue weighted by atomic mass is 32.2. The summed E-state index contributed by atoms with van der Waals surface area (Å²) < 4.78 is 39.1. The highest BCUT2D eigenvalue weighted by molar-refractivity contribution is 7.89. The van der Waals surface area contributed by atoms with E-state index in [1.54, 1.807) is 30.3 Å². The summed E-state index contributed by atoms with van der Waals surface area (Å²) in [7, 11) is -3.96. The van der Waals surface area contributed by atoms with Gasteiger partial charge in [-0.2, -0.15) is 5.10 Å². The molecule has 0 saturated carbocycles. The van der Waals surface area contributed by atoms with Crippen LogP contribution in [0.4, 0.5) is 4.39 Å². The number of aromatic nitrogens is 2. The maximum Gasteiger partial charge on any atom is 0.240 e. The zero-order valence-corrected chi connectivity index (χ0v) is 15.5. The quantitative estimate of drug-likeness (QED) is 0.569. The zero-order chi connectivity index (χ0) is 19.7. The number of halogens is 1. The third-order valence-corrected chi connectivity index (χ3v) is 5.28. The molecule has 0 aliphatic carbocycles. The summed E-state index contributed by atoms with van der Waals surface area (Å²) in [6, 6.07) is 23.7. The Morgan fingerprint density at radius 1 is 0.821 bits per heavy atom. The van der Waals surface area contributed by atoms with E-state index in [0.29, 0.717) is 22.6 Å². The number of primary sulfonamides is 1. The maximum absolute atomic E-state index is 13.4. The van der Waals surface area contributed by atoms with E-state index in [-0.39, 0.29) is 10.7 Å². The molecule has 3 aromatic carbocycles. The minimum Gasteiger partial charge on any atom is -0.231 e. The van der Waals surface area contributed by atoms with Crippen molar-refractivity contribution in [3.05, 3.63) is 90.7 Å². The van der Waals surface area contributed by atoms with Crippen molar-refractivity contribution in [1.29, 1.82) is 0 Å². The van der Waals surface area contributed by atoms with Gasteiger partial charge < -0.3 is 0 Å². The van der Waals surface area contributed by atoms with E-state index in [4.69, 9.17) is 5.14 Å². The van der Waals surface area contributed by atoms with Gasteiger partial charge in [-0.3, -0.25) is 0 Å². The number of sulfonamides is 1. The molecule has 1 heterocycles. The second-order valence-corrected chi connectivity index (χ2v) is 7.74. The number of nitrogens with zero attached hydrogens (tertiary/aromatic N) is 2. The first-order valence-corrected chi connectivity index (χ1v) is 10.0. The van der Waals surface area contributed by atoms with Crippen molar-refractivity contribution in [3.8, 4) is 28.2 Å². The standard InChI is InChI=1S/C21H16FN3O2S/c22-17-12-10-16(11-13-17)20-14-18(15-6-2-1-3-7-15)24-25(20)19-8-4-5-9-21(19)28(23,26)27/h1-14H,(H2,23,26,27). The second kappa shape index (κ2) is 7.03.